The van der Waals surface area contributed by atoms with Crippen molar-refractivity contribution in [2.75, 3.05) is 26.2 Å². The molecule has 0 aromatic heterocycles. The molecule has 0 aromatic carbocycles. The van der Waals surface area contributed by atoms with E-state index in [-0.39, 0.29) is 0 Å². The van der Waals surface area contributed by atoms with Crippen molar-refractivity contribution in [2.24, 2.45) is 23.7 Å². The Morgan fingerprint density at radius 3 is 2.27 bits per heavy atom. The van der Waals surface area contributed by atoms with Crippen LogP contribution in [0.4, 0.5) is 0 Å². The molecule has 92 valence electrons. The molecule has 1 saturated carbocycles. The summed E-state index contributed by atoms with van der Waals surface area (Å²) in [6.07, 6.45) is 5.92. The van der Waals surface area contributed by atoms with Gasteiger partial charge in [0, 0.05) is 0 Å². The Morgan fingerprint density at radius 1 is 1.20 bits per heavy atom. The van der Waals surface area contributed by atoms with Crippen molar-refractivity contribution in [3.05, 3.63) is 0 Å². The van der Waals surface area contributed by atoms with E-state index in [1.807, 2.05) is 0 Å². The van der Waals surface area contributed by atoms with Gasteiger partial charge in [-0.2, -0.15) is 0 Å². The standard InChI is InChI=1S/C14H31P/c1-7-13-9-8-11(2)14(13)12(3)10-15(4,5)6/h11-15H,7-10H2,1-6H3/t11?,12-,13?,14?/m0/s1. The minimum atomic E-state index is -0.860. The van der Waals surface area contributed by atoms with Gasteiger partial charge < -0.3 is 0 Å². The molecule has 3 unspecified atom stereocenters. The summed E-state index contributed by atoms with van der Waals surface area (Å²) >= 11 is 0. The third kappa shape index (κ3) is 3.74. The van der Waals surface area contributed by atoms with Crippen LogP contribution in [0.25, 0.3) is 0 Å². The van der Waals surface area contributed by atoms with Crippen molar-refractivity contribution >= 4 is 7.26 Å². The first-order valence-corrected chi connectivity index (χ1v) is 10.6. The molecule has 0 radical (unpaired) electrons. The molecule has 0 N–H and O–H groups in total. The van der Waals surface area contributed by atoms with Gasteiger partial charge in [-0.15, -0.1) is 0 Å². The Bertz CT molecular complexity index is 192. The SMILES string of the molecule is CCC1CCC(C)C1[C@@H](C)C[PH](C)(C)C. The van der Waals surface area contributed by atoms with E-state index in [9.17, 15) is 0 Å². The summed E-state index contributed by atoms with van der Waals surface area (Å²) in [7, 11) is -0.860. The third-order valence-corrected chi connectivity index (χ3v) is 6.18. The van der Waals surface area contributed by atoms with Gasteiger partial charge in [0.05, 0.1) is 0 Å². The van der Waals surface area contributed by atoms with Gasteiger partial charge in [-0.3, -0.25) is 0 Å². The summed E-state index contributed by atoms with van der Waals surface area (Å²) in [6, 6.07) is 0. The first kappa shape index (κ1) is 13.5. The molecule has 0 heterocycles. The predicted molar refractivity (Wildman–Crippen MR) is 75.8 cm³/mol. The molecule has 1 aliphatic carbocycles. The van der Waals surface area contributed by atoms with Crippen LogP contribution in [-0.4, -0.2) is 26.2 Å². The van der Waals surface area contributed by atoms with Crippen molar-refractivity contribution < 1.29 is 0 Å². The third-order valence-electron chi connectivity index (χ3n) is 4.31. The van der Waals surface area contributed by atoms with Crippen LogP contribution >= 0.6 is 7.26 Å². The maximum absolute atomic E-state index is 2.52. The van der Waals surface area contributed by atoms with E-state index < -0.39 is 7.26 Å². The second-order valence-electron chi connectivity index (χ2n) is 7.04. The van der Waals surface area contributed by atoms with Crippen LogP contribution in [0.15, 0.2) is 0 Å². The van der Waals surface area contributed by atoms with Crippen molar-refractivity contribution in [2.45, 2.75) is 40.0 Å². The Hall–Kier alpha value is 0.430. The van der Waals surface area contributed by atoms with E-state index in [4.69, 9.17) is 0 Å². The van der Waals surface area contributed by atoms with Gasteiger partial charge in [0.1, 0.15) is 0 Å². The van der Waals surface area contributed by atoms with Crippen molar-refractivity contribution in [1.82, 2.24) is 0 Å². The molecule has 0 aliphatic heterocycles. The summed E-state index contributed by atoms with van der Waals surface area (Å²) in [5, 5.41) is 0. The molecule has 0 saturated heterocycles. The average molecular weight is 230 g/mol. The fourth-order valence-electron chi connectivity index (χ4n) is 3.93. The van der Waals surface area contributed by atoms with Gasteiger partial charge in [-0.25, -0.2) is 0 Å². The van der Waals surface area contributed by atoms with E-state index in [0.717, 1.165) is 23.7 Å². The molecule has 1 aliphatic rings. The Balaban J connectivity index is 2.60. The van der Waals surface area contributed by atoms with Gasteiger partial charge in [-0.05, 0) is 0 Å². The van der Waals surface area contributed by atoms with E-state index in [1.54, 1.807) is 0 Å². The minimum absolute atomic E-state index is 0.860. The van der Waals surface area contributed by atoms with Crippen LogP contribution in [0.3, 0.4) is 0 Å². The first-order chi connectivity index (χ1) is 6.85. The van der Waals surface area contributed by atoms with Crippen LogP contribution in [0.1, 0.15) is 40.0 Å². The van der Waals surface area contributed by atoms with Crippen molar-refractivity contribution in [1.29, 1.82) is 0 Å². The molecule has 0 nitrogen and oxygen atoms in total. The summed E-state index contributed by atoms with van der Waals surface area (Å²) in [5.41, 5.74) is 0. The molecule has 1 heteroatoms. The molecule has 1 fully saturated rings. The van der Waals surface area contributed by atoms with Crippen LogP contribution in [0.2, 0.25) is 0 Å². The Morgan fingerprint density at radius 2 is 1.80 bits per heavy atom. The van der Waals surface area contributed by atoms with Crippen molar-refractivity contribution in [3.8, 4) is 0 Å². The molecule has 4 atom stereocenters. The topological polar surface area (TPSA) is 0 Å². The summed E-state index contributed by atoms with van der Waals surface area (Å²) in [4.78, 5) is 0. The number of rotatable bonds is 4. The first-order valence-electron chi connectivity index (χ1n) is 6.85. The van der Waals surface area contributed by atoms with Crippen LogP contribution in [0.5, 0.6) is 0 Å². The normalized spacial score (nSPS) is 35.5. The molecular formula is C14H31P. The van der Waals surface area contributed by atoms with E-state index in [1.165, 1.54) is 25.4 Å². The van der Waals surface area contributed by atoms with Gasteiger partial charge >= 0.3 is 97.1 Å². The maximum atomic E-state index is 2.52. The summed E-state index contributed by atoms with van der Waals surface area (Å²) in [5.74, 6) is 4.02. The van der Waals surface area contributed by atoms with Gasteiger partial charge in [0.25, 0.3) is 0 Å². The monoisotopic (exact) mass is 230 g/mol. The number of hydrogen-bond acceptors (Lipinski definition) is 0. The zero-order valence-corrected chi connectivity index (χ0v) is 12.6. The average Bonchev–Trinajstić information content (AvgIpc) is 2.43. The van der Waals surface area contributed by atoms with Crippen molar-refractivity contribution in [3.63, 3.8) is 0 Å². The van der Waals surface area contributed by atoms with Crippen LogP contribution in [-0.2, 0) is 0 Å². The fourth-order valence-corrected chi connectivity index (χ4v) is 6.13. The second-order valence-corrected chi connectivity index (χ2v) is 12.6. The summed E-state index contributed by atoms with van der Waals surface area (Å²) in [6.45, 7) is 14.9. The molecule has 0 amide bonds. The zero-order valence-electron chi connectivity index (χ0n) is 11.6. The molecule has 0 spiro atoms. The van der Waals surface area contributed by atoms with Crippen LogP contribution < -0.4 is 0 Å². The van der Waals surface area contributed by atoms with Gasteiger partial charge in [0.15, 0.2) is 0 Å². The second kappa shape index (κ2) is 5.17. The van der Waals surface area contributed by atoms with E-state index in [0.29, 0.717) is 0 Å². The van der Waals surface area contributed by atoms with E-state index >= 15 is 0 Å². The molecule has 1 rings (SSSR count). The molecular weight excluding hydrogens is 199 g/mol. The quantitative estimate of drug-likeness (QED) is 0.630. The van der Waals surface area contributed by atoms with E-state index in [2.05, 4.69) is 40.8 Å². The fraction of sp³-hybridized carbons (Fsp3) is 1.00. The Labute approximate surface area is 97.6 Å². The van der Waals surface area contributed by atoms with Gasteiger partial charge in [0.2, 0.25) is 0 Å². The molecule has 0 bridgehead atoms. The van der Waals surface area contributed by atoms with Gasteiger partial charge in [-0.1, -0.05) is 0 Å². The van der Waals surface area contributed by atoms with Crippen LogP contribution in [0, 0.1) is 23.7 Å². The predicted octanol–water partition coefficient (Wildman–Crippen LogP) is 4.33. The number of hydrogen-bond donors (Lipinski definition) is 0. The summed E-state index contributed by atoms with van der Waals surface area (Å²) < 4.78 is 0. The Kier molecular flexibility index (Phi) is 4.65. The molecule has 15 heavy (non-hydrogen) atoms. The molecule has 0 aromatic rings. The zero-order chi connectivity index (χ0) is 11.6.